The first kappa shape index (κ1) is 16.0. The van der Waals surface area contributed by atoms with E-state index in [4.69, 9.17) is 0 Å². The number of fused-ring (bicyclic) bond motifs is 3. The molecule has 2 aromatic rings. The predicted molar refractivity (Wildman–Crippen MR) is 104 cm³/mol. The second-order valence-electron chi connectivity index (χ2n) is 8.99. The fourth-order valence-corrected chi connectivity index (χ4v) is 29.0. The zero-order valence-corrected chi connectivity index (χ0v) is 18.1. The van der Waals surface area contributed by atoms with Gasteiger partial charge in [-0.25, -0.2) is 0 Å². The Bertz CT molecular complexity index is 883. The van der Waals surface area contributed by atoms with Crippen LogP contribution in [0.15, 0.2) is 70.0 Å². The van der Waals surface area contributed by atoms with Crippen molar-refractivity contribution >= 4 is 0 Å². The Labute approximate surface area is 156 Å². The van der Waals surface area contributed by atoms with E-state index in [2.05, 4.69) is 94.5 Å². The summed E-state index contributed by atoms with van der Waals surface area (Å²) in [7, 11) is 0. The first-order valence-electron chi connectivity index (χ1n) is 9.49. The van der Waals surface area contributed by atoms with Crippen LogP contribution in [-0.2, 0) is 20.3 Å². The third-order valence-electron chi connectivity index (χ3n) is 8.02. The Morgan fingerprint density at radius 3 is 1.76 bits per heavy atom. The molecule has 1 saturated heterocycles. The number of hydrogen-bond donors (Lipinski definition) is 0. The molecule has 0 N–H and O–H groups in total. The van der Waals surface area contributed by atoms with Gasteiger partial charge in [-0.15, -0.1) is 0 Å². The van der Waals surface area contributed by atoms with Crippen LogP contribution in [-0.4, -0.2) is 0 Å². The third kappa shape index (κ3) is 1.67. The number of allylic oxidation sites excluding steroid dienone is 4. The number of benzene rings is 2. The Kier molecular flexibility index (Phi) is 3.17. The molecule has 126 valence electrons. The summed E-state index contributed by atoms with van der Waals surface area (Å²) in [5, 5.41) is 0. The van der Waals surface area contributed by atoms with E-state index in [1.165, 1.54) is 17.5 Å². The Morgan fingerprint density at radius 2 is 1.32 bits per heavy atom. The summed E-state index contributed by atoms with van der Waals surface area (Å²) in [6.07, 6.45) is 8.39. The molecule has 2 aliphatic carbocycles. The molecule has 0 bridgehead atoms. The van der Waals surface area contributed by atoms with E-state index >= 15 is 0 Å². The third-order valence-corrected chi connectivity index (χ3v) is 27.2. The van der Waals surface area contributed by atoms with E-state index in [9.17, 15) is 0 Å². The van der Waals surface area contributed by atoms with Gasteiger partial charge in [-0.3, -0.25) is 0 Å². The zero-order valence-electron chi connectivity index (χ0n) is 15.6. The molecule has 3 aliphatic rings. The average Bonchev–Trinajstić information content (AvgIpc) is 3.10. The van der Waals surface area contributed by atoms with Crippen LogP contribution < -0.4 is 0 Å². The molecule has 0 atom stereocenters. The van der Waals surface area contributed by atoms with Crippen molar-refractivity contribution in [3.05, 3.63) is 81.2 Å². The molecule has 0 unspecified atom stereocenters. The maximum atomic E-state index is 2.58. The van der Waals surface area contributed by atoms with Crippen molar-refractivity contribution in [3.63, 3.8) is 0 Å². The zero-order chi connectivity index (χ0) is 17.4. The second kappa shape index (κ2) is 4.95. The van der Waals surface area contributed by atoms with Gasteiger partial charge in [0.25, 0.3) is 0 Å². The Morgan fingerprint density at radius 1 is 0.800 bits per heavy atom. The quantitative estimate of drug-likeness (QED) is 0.497. The van der Waals surface area contributed by atoms with Crippen molar-refractivity contribution in [1.29, 1.82) is 0 Å². The molecule has 5 rings (SSSR count). The van der Waals surface area contributed by atoms with Crippen molar-refractivity contribution in [1.82, 2.24) is 0 Å². The van der Waals surface area contributed by atoms with Crippen LogP contribution >= 0.6 is 0 Å². The van der Waals surface area contributed by atoms with E-state index in [-0.39, 0.29) is 0 Å². The molecule has 25 heavy (non-hydrogen) atoms. The van der Waals surface area contributed by atoms with Gasteiger partial charge in [-0.2, -0.15) is 0 Å². The molecule has 1 heteroatoms. The topological polar surface area (TPSA) is 0 Å². The minimum atomic E-state index is -2.74. The van der Waals surface area contributed by atoms with Crippen LogP contribution in [0, 0.1) is 0 Å². The summed E-state index contributed by atoms with van der Waals surface area (Å²) in [6, 6.07) is 18.5. The van der Waals surface area contributed by atoms with E-state index in [0.717, 1.165) is 0 Å². The van der Waals surface area contributed by atoms with Crippen molar-refractivity contribution in [2.24, 2.45) is 0 Å². The minimum absolute atomic E-state index is 0.481. The summed E-state index contributed by atoms with van der Waals surface area (Å²) in [5.41, 5.74) is 6.21. The van der Waals surface area contributed by atoms with Gasteiger partial charge in [0.15, 0.2) is 0 Å². The van der Waals surface area contributed by atoms with Gasteiger partial charge in [-0.1, -0.05) is 0 Å². The molecule has 0 aromatic heterocycles. The SMILES string of the molecule is C[C]1(C)[C](C)(C)[Zr]1([C]1=CC=CC1)[CH]1c2ccccc2-c2ccccc21. The van der Waals surface area contributed by atoms with Gasteiger partial charge in [0.1, 0.15) is 0 Å². The molecule has 1 fully saturated rings. The average molecular weight is 406 g/mol. The van der Waals surface area contributed by atoms with Gasteiger partial charge >= 0.3 is 157 Å². The van der Waals surface area contributed by atoms with E-state index < -0.39 is 20.3 Å². The summed E-state index contributed by atoms with van der Waals surface area (Å²) in [5.74, 6) is 0. The molecule has 0 nitrogen and oxygen atoms in total. The first-order chi connectivity index (χ1) is 11.9. The molecule has 0 radical (unpaired) electrons. The second-order valence-corrected chi connectivity index (χ2v) is 22.1. The van der Waals surface area contributed by atoms with Gasteiger partial charge in [-0.05, 0) is 0 Å². The van der Waals surface area contributed by atoms with Crippen molar-refractivity contribution in [3.8, 4) is 11.1 Å². The van der Waals surface area contributed by atoms with Gasteiger partial charge < -0.3 is 0 Å². The molecular formula is C24H26Zr. The maximum absolute atomic E-state index is 2.74. The van der Waals surface area contributed by atoms with Crippen LogP contribution in [0.1, 0.15) is 48.9 Å². The van der Waals surface area contributed by atoms with Crippen LogP contribution in [0.4, 0.5) is 0 Å². The number of rotatable bonds is 2. The van der Waals surface area contributed by atoms with Crippen molar-refractivity contribution in [2.45, 2.75) is 44.0 Å². The van der Waals surface area contributed by atoms with E-state index in [1.54, 1.807) is 11.1 Å². The van der Waals surface area contributed by atoms with Crippen molar-refractivity contribution in [2.75, 3.05) is 0 Å². The van der Waals surface area contributed by atoms with Crippen molar-refractivity contribution < 1.29 is 20.3 Å². The molecule has 0 amide bonds. The van der Waals surface area contributed by atoms with Crippen LogP contribution in [0.2, 0.25) is 6.25 Å². The fourth-order valence-electron chi connectivity index (χ4n) is 6.43. The standard InChI is InChI=1S/C13H9.C6H12.C5H5.Zr/c1-3-7-12-10(5-1)9-11-6-2-4-8-13(11)12;1-5(2)6(3)4;1-2-4-5-3-1;/h1-9H;1-4H3;1-3H,4H2;. The van der Waals surface area contributed by atoms with E-state index in [0.29, 0.717) is 9.87 Å². The van der Waals surface area contributed by atoms with Crippen LogP contribution in [0.25, 0.3) is 11.1 Å². The summed E-state index contributed by atoms with van der Waals surface area (Å²) < 4.78 is 3.46. The molecular weight excluding hydrogens is 379 g/mol. The number of hydrogen-bond acceptors (Lipinski definition) is 0. The summed E-state index contributed by atoms with van der Waals surface area (Å²) in [6.45, 7) is 10.3. The Hall–Kier alpha value is -1.20. The molecule has 0 saturated carbocycles. The molecule has 1 aliphatic heterocycles. The first-order valence-corrected chi connectivity index (χ1v) is 14.6. The molecule has 1 heterocycles. The van der Waals surface area contributed by atoms with Gasteiger partial charge in [0.2, 0.25) is 0 Å². The normalized spacial score (nSPS) is 23.9. The molecule has 0 spiro atoms. The van der Waals surface area contributed by atoms with Gasteiger partial charge in [0.05, 0.1) is 0 Å². The Balaban J connectivity index is 1.83. The van der Waals surface area contributed by atoms with Crippen LogP contribution in [0.5, 0.6) is 0 Å². The summed E-state index contributed by atoms with van der Waals surface area (Å²) in [4.78, 5) is 0. The van der Waals surface area contributed by atoms with Crippen LogP contribution in [0.3, 0.4) is 0 Å². The monoisotopic (exact) mass is 404 g/mol. The molecule has 2 aromatic carbocycles. The summed E-state index contributed by atoms with van der Waals surface area (Å²) >= 11 is -2.74. The van der Waals surface area contributed by atoms with E-state index in [1.807, 2.05) is 3.28 Å². The van der Waals surface area contributed by atoms with Gasteiger partial charge in [0, 0.05) is 0 Å². The predicted octanol–water partition coefficient (Wildman–Crippen LogP) is 7.16. The fraction of sp³-hybridized carbons (Fsp3) is 0.333.